The van der Waals surface area contributed by atoms with Gasteiger partial charge in [-0.1, -0.05) is 336 Å². The normalized spacial score (nSPS) is 12.5. The predicted octanol–water partition coefficient (Wildman–Crippen LogP) is 30.1. The van der Waals surface area contributed by atoms with Crippen molar-refractivity contribution in [1.29, 1.82) is 0 Å². The molecular weight excluding hydrogens is 1500 g/mol. The van der Waals surface area contributed by atoms with Crippen molar-refractivity contribution in [2.45, 2.75) is 345 Å². The van der Waals surface area contributed by atoms with Gasteiger partial charge in [0.05, 0.1) is 6.54 Å². The summed E-state index contributed by atoms with van der Waals surface area (Å²) in [6, 6.07) is 51.3. The summed E-state index contributed by atoms with van der Waals surface area (Å²) in [5.74, 6) is 0.898. The molecule has 0 unspecified atom stereocenters. The van der Waals surface area contributed by atoms with Crippen molar-refractivity contribution in [3.05, 3.63) is 322 Å². The van der Waals surface area contributed by atoms with Gasteiger partial charge in [-0.15, -0.1) is 0 Å². The molecule has 0 atom stereocenters. The number of rotatable bonds is 0. The maximum absolute atomic E-state index is 4.25. The quantitative estimate of drug-likeness (QED) is 0.143. The largest absolute Gasteiger partial charge is 0.289 e. The Morgan fingerprint density at radius 2 is 0.593 bits per heavy atom. The van der Waals surface area contributed by atoms with Gasteiger partial charge in [-0.2, -0.15) is 0 Å². The molecule has 12 nitrogen and oxygen atoms in total. The minimum Gasteiger partial charge on any atom is -0.289 e. The lowest BCUT2D eigenvalue weighted by Crippen LogP contribution is -2.14. The highest BCUT2D eigenvalue weighted by molar-refractivity contribution is 5.82. The number of hydrogen-bond donors (Lipinski definition) is 0. The van der Waals surface area contributed by atoms with Gasteiger partial charge in [-0.3, -0.25) is 49.9 Å². The molecule has 2 aliphatic rings. The number of aliphatic imine (C=N–C) groups is 2. The van der Waals surface area contributed by atoms with Crippen LogP contribution in [-0.4, -0.2) is 68.8 Å². The Bertz CT molecular complexity index is 4040. The molecular formula is C111H168N12. The van der Waals surface area contributed by atoms with Gasteiger partial charge in [0.2, 0.25) is 0 Å². The van der Waals surface area contributed by atoms with Crippen molar-refractivity contribution < 1.29 is 0 Å². The smallest absolute Gasteiger partial charge is 0.133 e. The molecule has 123 heavy (non-hydrogen) atoms. The van der Waals surface area contributed by atoms with Crippen LogP contribution < -0.4 is 0 Å². The SMILES string of the molecule is C.CC(C)(C)C1=CCC=N1.CC(C)(C)C1=CCN=C1.CC(C)(C)c1ccccc1.CC(C)(C)c1ccccn1.CC(C)(C)c1ccccn1.CC(C)(C)c1ccccn1.CC(C)(C)c1cccnc1.CC(C)(C)c1ncccn1.Cc1cc(C(C)(C)C)ccn1.Cc1cc(C(C)(C)C)ccn1.Cc1ccc(C(C)(C)C)cn1.Cc1ccc(C(C)(C)C)cn1. The third-order valence-corrected chi connectivity index (χ3v) is 18.7. The van der Waals surface area contributed by atoms with Crippen molar-refractivity contribution in [3.63, 3.8) is 0 Å². The highest BCUT2D eigenvalue weighted by atomic mass is 14.9. The molecule has 12 heteroatoms. The molecule has 0 spiro atoms. The number of hydrogen-bond acceptors (Lipinski definition) is 12. The first kappa shape index (κ1) is 113. The zero-order valence-corrected chi connectivity index (χ0v) is 83.9. The molecule has 12 rings (SSSR count). The number of benzene rings is 1. The fraction of sp³-hybridized carbons (Fsp3) is 0.495. The zero-order chi connectivity index (χ0) is 93.4. The van der Waals surface area contributed by atoms with Gasteiger partial charge < -0.3 is 0 Å². The lowest BCUT2D eigenvalue weighted by Gasteiger charge is -2.18. The molecule has 0 saturated carbocycles. The summed E-state index contributed by atoms with van der Waals surface area (Å²) in [5.41, 5.74) is 21.0. The second-order valence-electron chi connectivity index (χ2n) is 43.4. The van der Waals surface area contributed by atoms with Crippen LogP contribution in [0.25, 0.3) is 0 Å². The molecule has 0 N–H and O–H groups in total. The van der Waals surface area contributed by atoms with E-state index in [2.05, 4.69) is 424 Å². The highest BCUT2D eigenvalue weighted by Crippen LogP contribution is 2.31. The van der Waals surface area contributed by atoms with Crippen LogP contribution in [0, 0.1) is 38.5 Å². The van der Waals surface area contributed by atoms with E-state index in [0.29, 0.717) is 10.8 Å². The first-order valence-electron chi connectivity index (χ1n) is 43.5. The van der Waals surface area contributed by atoms with Crippen molar-refractivity contribution in [1.82, 2.24) is 49.8 Å². The van der Waals surface area contributed by atoms with Crippen LogP contribution in [-0.2, 0) is 54.1 Å². The fourth-order valence-electron chi connectivity index (χ4n) is 10.4. The summed E-state index contributed by atoms with van der Waals surface area (Å²) in [6.07, 6.45) is 29.7. The lowest BCUT2D eigenvalue weighted by molar-refractivity contribution is 0.500. The summed E-state index contributed by atoms with van der Waals surface area (Å²) >= 11 is 0. The number of aromatic nitrogens is 10. The number of nitrogens with zero attached hydrogens (tertiary/aromatic N) is 12. The van der Waals surface area contributed by atoms with E-state index in [9.17, 15) is 0 Å². The van der Waals surface area contributed by atoms with Gasteiger partial charge in [0, 0.05) is 160 Å². The van der Waals surface area contributed by atoms with E-state index in [0.717, 1.165) is 58.6 Å². The second-order valence-corrected chi connectivity index (χ2v) is 43.4. The summed E-state index contributed by atoms with van der Waals surface area (Å²) in [7, 11) is 0. The van der Waals surface area contributed by atoms with E-state index in [4.69, 9.17) is 0 Å². The van der Waals surface area contributed by atoms with Crippen molar-refractivity contribution in [2.24, 2.45) is 20.8 Å². The number of allylic oxidation sites excluding steroid dienone is 3. The molecule has 672 valence electrons. The summed E-state index contributed by atoms with van der Waals surface area (Å²) in [6.45, 7) is 87.5. The van der Waals surface area contributed by atoms with E-state index < -0.39 is 0 Å². The molecule has 0 fully saturated rings. The number of aryl methyl sites for hydroxylation is 4. The van der Waals surface area contributed by atoms with E-state index in [1.165, 1.54) is 44.7 Å². The van der Waals surface area contributed by atoms with Gasteiger partial charge in [-0.25, -0.2) is 9.97 Å². The Labute approximate surface area is 752 Å². The summed E-state index contributed by atoms with van der Waals surface area (Å²) in [4.78, 5) is 50.2. The Morgan fingerprint density at radius 1 is 0.244 bits per heavy atom. The fourth-order valence-corrected chi connectivity index (χ4v) is 10.4. The van der Waals surface area contributed by atoms with Crippen LogP contribution in [0.4, 0.5) is 0 Å². The third-order valence-electron chi connectivity index (χ3n) is 18.7. The molecule has 10 aromatic rings. The standard InChI is InChI=1S/4C10H15N.C10H14.4C9H13N.C8H12N2.2C8H13N.CH4/c2*1-8-7-9(5-6-11-8)10(2,3)4;2*1-8-5-6-9(7-11-8)10(2,3)4;1-10(2,3)9-7-5-4-6-8-9;1-9(2,3)8-5-4-6-10-7-8;3*1-9(2,3)8-6-4-5-7-10-8;1-8(2,3)7-9-5-4-6-10-7;1-8(2,3)7-4-5-9-6-7;1-8(2,3)7-5-4-6-9-7;/h4*5-7H,1-4H3;4-8H,1-3H3;4*4-7H,1-3H3;4-6H,1-3H3;4,6H,5H2,1-3H3;5-6H,4H2,1-3H3;1H4. The Morgan fingerprint density at radius 3 is 0.789 bits per heavy atom. The Kier molecular flexibility index (Phi) is 47.5. The van der Waals surface area contributed by atoms with Crippen LogP contribution >= 0.6 is 0 Å². The Balaban J connectivity index is 0.00000132. The minimum absolute atomic E-state index is 0. The lowest BCUT2D eigenvalue weighted by atomic mass is 9.87. The van der Waals surface area contributed by atoms with Gasteiger partial charge in [0.1, 0.15) is 5.82 Å². The maximum Gasteiger partial charge on any atom is 0.133 e. The van der Waals surface area contributed by atoms with Crippen molar-refractivity contribution in [3.8, 4) is 0 Å². The summed E-state index contributed by atoms with van der Waals surface area (Å²) < 4.78 is 0. The third kappa shape index (κ3) is 50.6. The Hall–Kier alpha value is -9.68. The average molecular weight is 1670 g/mol. The number of pyridine rings is 8. The predicted molar refractivity (Wildman–Crippen MR) is 537 cm³/mol. The topological polar surface area (TPSA) is 154 Å². The molecule has 11 heterocycles. The molecule has 0 radical (unpaired) electrons. The van der Waals surface area contributed by atoms with E-state index >= 15 is 0 Å². The second kappa shape index (κ2) is 51.5. The van der Waals surface area contributed by atoms with Crippen LogP contribution in [0.1, 0.15) is 342 Å². The van der Waals surface area contributed by atoms with E-state index in [1.807, 2.05) is 138 Å². The van der Waals surface area contributed by atoms with Crippen molar-refractivity contribution in [2.75, 3.05) is 6.54 Å². The van der Waals surface area contributed by atoms with Crippen molar-refractivity contribution >= 4 is 12.4 Å². The molecule has 9 aromatic heterocycles. The van der Waals surface area contributed by atoms with E-state index in [-0.39, 0.29) is 61.6 Å². The molecule has 0 amide bonds. The maximum atomic E-state index is 4.25. The minimum atomic E-state index is 0. The highest BCUT2D eigenvalue weighted by Gasteiger charge is 2.22. The van der Waals surface area contributed by atoms with E-state index in [1.54, 1.807) is 18.6 Å². The molecule has 0 aliphatic carbocycles. The van der Waals surface area contributed by atoms with Gasteiger partial charge in [0.15, 0.2) is 0 Å². The average Bonchev–Trinajstić information content (AvgIpc) is 1.59. The molecule has 2 aliphatic heterocycles. The van der Waals surface area contributed by atoms with Crippen LogP contribution in [0.2, 0.25) is 0 Å². The molecule has 0 bridgehead atoms. The van der Waals surface area contributed by atoms with Gasteiger partial charge in [-0.05, 0) is 189 Å². The first-order valence-corrected chi connectivity index (χ1v) is 43.5. The molecule has 0 saturated heterocycles. The monoisotopic (exact) mass is 1670 g/mol. The first-order chi connectivity index (χ1) is 55.8. The van der Waals surface area contributed by atoms with Gasteiger partial charge >= 0.3 is 0 Å². The zero-order valence-electron chi connectivity index (χ0n) is 83.9. The molecule has 1 aromatic carbocycles. The summed E-state index contributed by atoms with van der Waals surface area (Å²) in [5, 5.41) is 0. The van der Waals surface area contributed by atoms with Crippen LogP contribution in [0.5, 0.6) is 0 Å². The van der Waals surface area contributed by atoms with Crippen LogP contribution in [0.15, 0.2) is 253 Å². The van der Waals surface area contributed by atoms with Crippen LogP contribution in [0.3, 0.4) is 0 Å². The van der Waals surface area contributed by atoms with Gasteiger partial charge in [0.25, 0.3) is 0 Å².